The van der Waals surface area contributed by atoms with Crippen LogP contribution in [0.25, 0.3) is 155 Å². The Kier molecular flexibility index (Phi) is 10.2. The minimum absolute atomic E-state index is 0.567. The van der Waals surface area contributed by atoms with E-state index in [1.54, 1.807) is 0 Å². The lowest BCUT2D eigenvalue weighted by Crippen LogP contribution is -2.04. The van der Waals surface area contributed by atoms with Crippen LogP contribution in [0.1, 0.15) is 0 Å². The second-order valence-electron chi connectivity index (χ2n) is 21.1. The van der Waals surface area contributed by atoms with E-state index in [4.69, 9.17) is 15.0 Å². The van der Waals surface area contributed by atoms with Crippen molar-refractivity contribution in [2.75, 3.05) is 0 Å². The monoisotopic (exact) mass is 1050 g/mol. The molecule has 0 fully saturated rings. The molecule has 0 aliphatic rings. The third-order valence-electron chi connectivity index (χ3n) is 16.6. The number of rotatable bonds is 8. The molecule has 0 N–H and O–H groups in total. The van der Waals surface area contributed by atoms with Gasteiger partial charge in [0.05, 0.1) is 55.5 Å². The molecule has 0 atom stereocenters. The summed E-state index contributed by atoms with van der Waals surface area (Å²) in [7, 11) is 0. The van der Waals surface area contributed by atoms with Crippen LogP contribution in [0.4, 0.5) is 0 Å². The third kappa shape index (κ3) is 7.00. The van der Waals surface area contributed by atoms with Crippen LogP contribution in [0.15, 0.2) is 285 Å². The number of aromatic nitrogens is 7. The average molecular weight is 1050 g/mol. The predicted molar refractivity (Wildman–Crippen MR) is 339 cm³/mol. The molecule has 0 amide bonds. The Bertz CT molecular complexity index is 5020. The van der Waals surface area contributed by atoms with Crippen molar-refractivity contribution in [3.05, 3.63) is 285 Å². The average Bonchev–Trinajstić information content (AvgIpc) is 2.77. The molecular formula is C75H47N7. The van der Waals surface area contributed by atoms with Crippen LogP contribution >= 0.6 is 0 Å². The molecule has 17 rings (SSSR count). The molecule has 0 aliphatic heterocycles. The van der Waals surface area contributed by atoms with Gasteiger partial charge in [-0.3, -0.25) is 0 Å². The second kappa shape index (κ2) is 18.2. The SMILES string of the molecule is c1ccc(-c2nc(-c3ccccc3)nc(-c3cc(-c4ccccc4-n4c5ccccc5c5ccccc54)ccc3-n3c4ccc(-n5c6ccccc6c6ccccc65)cc4c4cc(-n5c6ccccc6c6ccccc65)ccc43)n2)cc1. The summed E-state index contributed by atoms with van der Waals surface area (Å²) in [5.74, 6) is 1.76. The highest BCUT2D eigenvalue weighted by Crippen LogP contribution is 2.44. The number of benzene rings is 12. The van der Waals surface area contributed by atoms with E-state index in [9.17, 15) is 0 Å². The summed E-state index contributed by atoms with van der Waals surface area (Å²) in [5.41, 5.74) is 18.0. The van der Waals surface area contributed by atoms with Crippen molar-refractivity contribution in [2.24, 2.45) is 0 Å². The molecule has 0 aliphatic carbocycles. The lowest BCUT2D eigenvalue weighted by atomic mass is 9.99. The summed E-state index contributed by atoms with van der Waals surface area (Å²) in [4.78, 5) is 16.2. The predicted octanol–water partition coefficient (Wildman–Crippen LogP) is 18.9. The zero-order chi connectivity index (χ0) is 53.8. The molecule has 5 aromatic heterocycles. The summed E-state index contributed by atoms with van der Waals surface area (Å²) in [6, 6.07) is 102. The van der Waals surface area contributed by atoms with Gasteiger partial charge in [-0.05, 0) is 96.6 Å². The Balaban J connectivity index is 0.969. The highest BCUT2D eigenvalue weighted by atomic mass is 15.1. The van der Waals surface area contributed by atoms with Gasteiger partial charge in [0.25, 0.3) is 0 Å². The fourth-order valence-electron chi connectivity index (χ4n) is 13.0. The number of nitrogens with zero attached hydrogens (tertiary/aromatic N) is 7. The molecule has 82 heavy (non-hydrogen) atoms. The summed E-state index contributed by atoms with van der Waals surface area (Å²) < 4.78 is 9.68. The maximum Gasteiger partial charge on any atom is 0.166 e. The molecule has 0 bridgehead atoms. The first-order valence-corrected chi connectivity index (χ1v) is 27.9. The van der Waals surface area contributed by atoms with Gasteiger partial charge in [0, 0.05) is 76.7 Å². The first-order chi connectivity index (χ1) is 40.7. The van der Waals surface area contributed by atoms with Gasteiger partial charge in [-0.2, -0.15) is 0 Å². The molecular weight excluding hydrogens is 999 g/mol. The first-order valence-electron chi connectivity index (χ1n) is 27.9. The molecule has 12 aromatic carbocycles. The van der Waals surface area contributed by atoms with Crippen LogP contribution in [0.5, 0.6) is 0 Å². The number of hydrogen-bond donors (Lipinski definition) is 0. The summed E-state index contributed by atoms with van der Waals surface area (Å²) in [6.45, 7) is 0. The second-order valence-corrected chi connectivity index (χ2v) is 21.1. The van der Waals surface area contributed by atoms with Gasteiger partial charge in [0.2, 0.25) is 0 Å². The van der Waals surface area contributed by atoms with E-state index in [-0.39, 0.29) is 0 Å². The maximum atomic E-state index is 5.48. The molecule has 5 heterocycles. The quantitative estimate of drug-likeness (QED) is 0.152. The molecule has 0 saturated carbocycles. The van der Waals surface area contributed by atoms with Crippen molar-refractivity contribution in [2.45, 2.75) is 0 Å². The smallest absolute Gasteiger partial charge is 0.166 e. The van der Waals surface area contributed by atoms with Gasteiger partial charge < -0.3 is 18.3 Å². The summed E-state index contributed by atoms with van der Waals surface area (Å²) >= 11 is 0. The summed E-state index contributed by atoms with van der Waals surface area (Å²) in [6.07, 6.45) is 0. The Morgan fingerprint density at radius 2 is 0.524 bits per heavy atom. The third-order valence-corrected chi connectivity index (χ3v) is 16.6. The van der Waals surface area contributed by atoms with Crippen LogP contribution in [0.2, 0.25) is 0 Å². The largest absolute Gasteiger partial charge is 0.309 e. The topological polar surface area (TPSA) is 58.4 Å². The molecule has 0 spiro atoms. The van der Waals surface area contributed by atoms with E-state index in [2.05, 4.69) is 267 Å². The van der Waals surface area contributed by atoms with Crippen LogP contribution in [-0.2, 0) is 0 Å². The highest BCUT2D eigenvalue weighted by molar-refractivity contribution is 6.15. The maximum absolute atomic E-state index is 5.48. The molecule has 0 radical (unpaired) electrons. The Hall–Kier alpha value is -11.2. The van der Waals surface area contributed by atoms with E-state index < -0.39 is 0 Å². The number of para-hydroxylation sites is 7. The van der Waals surface area contributed by atoms with Crippen molar-refractivity contribution in [1.29, 1.82) is 0 Å². The first kappa shape index (κ1) is 45.8. The van der Waals surface area contributed by atoms with Crippen LogP contribution in [0, 0.1) is 0 Å². The lowest BCUT2D eigenvalue weighted by Gasteiger charge is -2.18. The van der Waals surface area contributed by atoms with E-state index >= 15 is 0 Å². The summed E-state index contributed by atoms with van der Waals surface area (Å²) in [5, 5.41) is 9.56. The van der Waals surface area contributed by atoms with Gasteiger partial charge in [-0.15, -0.1) is 0 Å². The van der Waals surface area contributed by atoms with E-state index in [0.717, 1.165) is 105 Å². The standard InChI is InChI=1S/C75H47N7/c1-3-21-48(22-4-1)73-76-74(49-23-5-2-6-24-49)78-75(77-73)62-45-50(53-25-7-14-32-63(53)81-68-37-19-12-30-58(68)59-31-13-20-38-69(59)81)39-42-72(62)82-70-43-40-51(79-64-33-15-8-26-54(64)55-27-9-16-34-65(55)79)46-60(70)61-47-52(41-44-71(61)82)80-66-35-17-10-28-56(66)57-29-11-18-36-67(57)80/h1-47H. The Morgan fingerprint density at radius 1 is 0.195 bits per heavy atom. The molecule has 0 saturated heterocycles. The normalized spacial score (nSPS) is 11.9. The Morgan fingerprint density at radius 3 is 0.951 bits per heavy atom. The molecule has 17 aromatic rings. The zero-order valence-corrected chi connectivity index (χ0v) is 44.3. The van der Waals surface area contributed by atoms with Crippen molar-refractivity contribution < 1.29 is 0 Å². The van der Waals surface area contributed by atoms with Crippen LogP contribution in [-0.4, -0.2) is 33.2 Å². The molecule has 7 nitrogen and oxygen atoms in total. The molecule has 382 valence electrons. The van der Waals surface area contributed by atoms with Crippen molar-refractivity contribution in [3.63, 3.8) is 0 Å². The zero-order valence-electron chi connectivity index (χ0n) is 44.3. The highest BCUT2D eigenvalue weighted by Gasteiger charge is 2.24. The minimum atomic E-state index is 0.567. The Labute approximate surface area is 471 Å². The fourth-order valence-corrected chi connectivity index (χ4v) is 13.0. The van der Waals surface area contributed by atoms with Crippen molar-refractivity contribution in [3.8, 4) is 68.0 Å². The van der Waals surface area contributed by atoms with E-state index in [0.29, 0.717) is 17.5 Å². The number of hydrogen-bond acceptors (Lipinski definition) is 3. The van der Waals surface area contributed by atoms with Gasteiger partial charge >= 0.3 is 0 Å². The van der Waals surface area contributed by atoms with Crippen molar-refractivity contribution >= 4 is 87.2 Å². The van der Waals surface area contributed by atoms with Gasteiger partial charge in [0.1, 0.15) is 0 Å². The molecule has 0 unspecified atom stereocenters. The lowest BCUT2D eigenvalue weighted by molar-refractivity contribution is 1.06. The van der Waals surface area contributed by atoms with E-state index in [1.165, 1.54) is 32.3 Å². The fraction of sp³-hybridized carbons (Fsp3) is 0. The van der Waals surface area contributed by atoms with Gasteiger partial charge in [-0.1, -0.05) is 194 Å². The molecule has 7 heteroatoms. The van der Waals surface area contributed by atoms with Gasteiger partial charge in [-0.25, -0.2) is 15.0 Å². The van der Waals surface area contributed by atoms with Crippen molar-refractivity contribution in [1.82, 2.24) is 33.2 Å². The van der Waals surface area contributed by atoms with Gasteiger partial charge in [0.15, 0.2) is 17.5 Å². The van der Waals surface area contributed by atoms with Crippen LogP contribution in [0.3, 0.4) is 0 Å². The van der Waals surface area contributed by atoms with E-state index in [1.807, 2.05) is 36.4 Å². The number of fused-ring (bicyclic) bond motifs is 12. The minimum Gasteiger partial charge on any atom is -0.309 e. The van der Waals surface area contributed by atoms with Crippen LogP contribution < -0.4 is 0 Å².